The molecule has 3 atom stereocenters. The van der Waals surface area contributed by atoms with Gasteiger partial charge in [-0.25, -0.2) is 0 Å². The number of hydrogen-bond acceptors (Lipinski definition) is 3. The van der Waals surface area contributed by atoms with Crippen LogP contribution in [0.1, 0.15) is 30.9 Å². The highest BCUT2D eigenvalue weighted by atomic mass is 16.2. The van der Waals surface area contributed by atoms with Crippen LogP contribution in [0.4, 0.5) is 5.69 Å². The van der Waals surface area contributed by atoms with Crippen molar-refractivity contribution in [2.24, 2.45) is 11.8 Å². The van der Waals surface area contributed by atoms with Gasteiger partial charge in [0.1, 0.15) is 5.92 Å². The third-order valence-corrected chi connectivity index (χ3v) is 5.15. The summed E-state index contributed by atoms with van der Waals surface area (Å²) in [7, 11) is 0. The summed E-state index contributed by atoms with van der Waals surface area (Å²) in [6.45, 7) is 8.64. The van der Waals surface area contributed by atoms with Crippen LogP contribution < -0.4 is 15.5 Å². The van der Waals surface area contributed by atoms with Gasteiger partial charge in [0, 0.05) is 18.3 Å². The standard InChI is InChI=1S/C19H27N3O2/c1-12-8-13(2)10-15(9-12)22-7-5-16(19(22)24)18(23)21-17-4-6-20-11-14(17)3/h8-10,14,16-17,20H,4-7,11H2,1-3H3,(H,21,23). The minimum absolute atomic E-state index is 0.0703. The first kappa shape index (κ1) is 17.0. The summed E-state index contributed by atoms with van der Waals surface area (Å²) >= 11 is 0. The lowest BCUT2D eigenvalue weighted by Crippen LogP contribution is -2.50. The van der Waals surface area contributed by atoms with Gasteiger partial charge < -0.3 is 15.5 Å². The van der Waals surface area contributed by atoms with E-state index in [9.17, 15) is 9.59 Å². The normalized spacial score (nSPS) is 27.4. The van der Waals surface area contributed by atoms with E-state index < -0.39 is 5.92 Å². The molecule has 2 saturated heterocycles. The molecule has 2 fully saturated rings. The third-order valence-electron chi connectivity index (χ3n) is 5.15. The summed E-state index contributed by atoms with van der Waals surface area (Å²) < 4.78 is 0. The predicted octanol–water partition coefficient (Wildman–Crippen LogP) is 1.77. The first-order valence-corrected chi connectivity index (χ1v) is 8.86. The van der Waals surface area contributed by atoms with Crippen molar-refractivity contribution in [1.82, 2.24) is 10.6 Å². The number of nitrogens with one attached hydrogen (secondary N) is 2. The average molecular weight is 329 g/mol. The molecule has 130 valence electrons. The zero-order chi connectivity index (χ0) is 17.3. The number of aryl methyl sites for hydroxylation is 2. The Balaban J connectivity index is 1.68. The molecule has 5 heteroatoms. The largest absolute Gasteiger partial charge is 0.352 e. The summed E-state index contributed by atoms with van der Waals surface area (Å²) in [5.41, 5.74) is 3.17. The van der Waals surface area contributed by atoms with E-state index in [1.165, 1.54) is 0 Å². The fraction of sp³-hybridized carbons (Fsp3) is 0.579. The van der Waals surface area contributed by atoms with Gasteiger partial charge >= 0.3 is 0 Å². The Hall–Kier alpha value is -1.88. The van der Waals surface area contributed by atoms with Crippen molar-refractivity contribution in [1.29, 1.82) is 0 Å². The number of carbonyl (C=O) groups excluding carboxylic acids is 2. The highest BCUT2D eigenvalue weighted by molar-refractivity contribution is 6.09. The lowest BCUT2D eigenvalue weighted by Gasteiger charge is -2.30. The average Bonchev–Trinajstić information content (AvgIpc) is 2.90. The number of piperidine rings is 1. The first-order chi connectivity index (χ1) is 11.5. The van der Waals surface area contributed by atoms with Crippen molar-refractivity contribution in [3.63, 3.8) is 0 Å². The van der Waals surface area contributed by atoms with E-state index in [-0.39, 0.29) is 17.9 Å². The van der Waals surface area contributed by atoms with Gasteiger partial charge in [-0.2, -0.15) is 0 Å². The van der Waals surface area contributed by atoms with E-state index in [4.69, 9.17) is 0 Å². The van der Waals surface area contributed by atoms with Crippen LogP contribution in [0.5, 0.6) is 0 Å². The van der Waals surface area contributed by atoms with Gasteiger partial charge in [-0.3, -0.25) is 9.59 Å². The number of amides is 2. The van der Waals surface area contributed by atoms with Gasteiger partial charge in [0.2, 0.25) is 11.8 Å². The quantitative estimate of drug-likeness (QED) is 0.831. The van der Waals surface area contributed by atoms with Crippen molar-refractivity contribution in [2.45, 2.75) is 39.7 Å². The van der Waals surface area contributed by atoms with E-state index in [1.54, 1.807) is 4.90 Å². The zero-order valence-corrected chi connectivity index (χ0v) is 14.8. The van der Waals surface area contributed by atoms with Crippen molar-refractivity contribution >= 4 is 17.5 Å². The molecule has 0 aromatic heterocycles. The SMILES string of the molecule is Cc1cc(C)cc(N2CCC(C(=O)NC3CCNCC3C)C2=O)c1. The molecule has 2 N–H and O–H groups in total. The molecule has 2 amide bonds. The lowest BCUT2D eigenvalue weighted by molar-refractivity contribution is -0.132. The molecule has 0 spiro atoms. The fourth-order valence-corrected chi connectivity index (χ4v) is 3.80. The van der Waals surface area contributed by atoms with Crippen molar-refractivity contribution in [3.05, 3.63) is 29.3 Å². The minimum atomic E-state index is -0.548. The maximum absolute atomic E-state index is 12.7. The molecule has 2 heterocycles. The predicted molar refractivity (Wildman–Crippen MR) is 95.0 cm³/mol. The molecular weight excluding hydrogens is 302 g/mol. The molecule has 1 aromatic rings. The maximum Gasteiger partial charge on any atom is 0.239 e. The second kappa shape index (κ2) is 6.93. The molecule has 3 unspecified atom stereocenters. The molecule has 0 radical (unpaired) electrons. The Labute approximate surface area is 143 Å². The lowest BCUT2D eigenvalue weighted by atomic mass is 9.94. The monoisotopic (exact) mass is 329 g/mol. The smallest absolute Gasteiger partial charge is 0.239 e. The molecule has 24 heavy (non-hydrogen) atoms. The highest BCUT2D eigenvalue weighted by Gasteiger charge is 2.38. The van der Waals surface area contributed by atoms with Gasteiger partial charge in [-0.05, 0) is 69.0 Å². The van der Waals surface area contributed by atoms with Crippen LogP contribution in [0.25, 0.3) is 0 Å². The number of nitrogens with zero attached hydrogens (tertiary/aromatic N) is 1. The number of carbonyl (C=O) groups is 2. The Morgan fingerprint density at radius 1 is 1.21 bits per heavy atom. The molecular formula is C19H27N3O2. The highest BCUT2D eigenvalue weighted by Crippen LogP contribution is 2.27. The van der Waals surface area contributed by atoms with Crippen LogP contribution in [-0.4, -0.2) is 37.5 Å². The minimum Gasteiger partial charge on any atom is -0.352 e. The van der Waals surface area contributed by atoms with Gasteiger partial charge in [0.15, 0.2) is 0 Å². The molecule has 2 aliphatic heterocycles. The Kier molecular flexibility index (Phi) is 4.90. The van der Waals surface area contributed by atoms with Gasteiger partial charge in [0.05, 0.1) is 0 Å². The summed E-state index contributed by atoms with van der Waals surface area (Å²) in [4.78, 5) is 27.1. The summed E-state index contributed by atoms with van der Waals surface area (Å²) in [6, 6.07) is 6.29. The zero-order valence-electron chi connectivity index (χ0n) is 14.8. The Morgan fingerprint density at radius 3 is 2.58 bits per heavy atom. The summed E-state index contributed by atoms with van der Waals surface area (Å²) in [6.07, 6.45) is 1.52. The van der Waals surface area contributed by atoms with Crippen LogP contribution in [-0.2, 0) is 9.59 Å². The van der Waals surface area contributed by atoms with Crippen LogP contribution in [0.2, 0.25) is 0 Å². The van der Waals surface area contributed by atoms with E-state index >= 15 is 0 Å². The molecule has 0 bridgehead atoms. The van der Waals surface area contributed by atoms with Gasteiger partial charge in [-0.1, -0.05) is 13.0 Å². The van der Waals surface area contributed by atoms with Gasteiger partial charge in [0.25, 0.3) is 0 Å². The number of rotatable bonds is 3. The van der Waals surface area contributed by atoms with E-state index in [0.29, 0.717) is 18.9 Å². The van der Waals surface area contributed by atoms with Gasteiger partial charge in [-0.15, -0.1) is 0 Å². The molecule has 2 aliphatic rings. The molecule has 5 nitrogen and oxygen atoms in total. The number of benzene rings is 1. The van der Waals surface area contributed by atoms with Crippen LogP contribution in [0.3, 0.4) is 0 Å². The molecule has 0 aliphatic carbocycles. The fourth-order valence-electron chi connectivity index (χ4n) is 3.80. The van der Waals surface area contributed by atoms with E-state index in [2.05, 4.69) is 23.6 Å². The van der Waals surface area contributed by atoms with Crippen molar-refractivity contribution in [2.75, 3.05) is 24.5 Å². The van der Waals surface area contributed by atoms with Crippen molar-refractivity contribution < 1.29 is 9.59 Å². The Bertz CT molecular complexity index is 623. The Morgan fingerprint density at radius 2 is 1.92 bits per heavy atom. The second-order valence-electron chi connectivity index (χ2n) is 7.26. The topological polar surface area (TPSA) is 61.4 Å². The van der Waals surface area contributed by atoms with E-state index in [1.807, 2.05) is 26.0 Å². The maximum atomic E-state index is 12.7. The third kappa shape index (κ3) is 3.46. The van der Waals surface area contributed by atoms with Crippen LogP contribution >= 0.6 is 0 Å². The first-order valence-electron chi connectivity index (χ1n) is 8.86. The number of hydrogen-bond donors (Lipinski definition) is 2. The molecule has 3 rings (SSSR count). The number of anilines is 1. The van der Waals surface area contributed by atoms with E-state index in [0.717, 1.165) is 36.3 Å². The second-order valence-corrected chi connectivity index (χ2v) is 7.26. The molecule has 0 saturated carbocycles. The van der Waals surface area contributed by atoms with Crippen LogP contribution in [0, 0.1) is 25.7 Å². The molecule has 1 aromatic carbocycles. The summed E-state index contributed by atoms with van der Waals surface area (Å²) in [5, 5.41) is 6.44. The van der Waals surface area contributed by atoms with Crippen LogP contribution in [0.15, 0.2) is 18.2 Å². The summed E-state index contributed by atoms with van der Waals surface area (Å²) in [5.74, 6) is -0.327. The van der Waals surface area contributed by atoms with Crippen molar-refractivity contribution in [3.8, 4) is 0 Å².